The second-order valence-electron chi connectivity index (χ2n) is 5.17. The second-order valence-corrected chi connectivity index (χ2v) is 8.15. The highest BCUT2D eigenvalue weighted by molar-refractivity contribution is 9.10. The van der Waals surface area contributed by atoms with E-state index in [1.54, 1.807) is 24.4 Å². The van der Waals surface area contributed by atoms with Gasteiger partial charge in [0.1, 0.15) is 0 Å². The van der Waals surface area contributed by atoms with Crippen LogP contribution >= 0.6 is 27.5 Å². The molecule has 118 valence electrons. The molecule has 0 radical (unpaired) electrons. The standard InChI is InChI=1S/C14H19BrClNO3S/c1-10-13(15)7-11(9-16)8-14(10)21(18,19)17(5-6-20-2)12-3-4-12/h7-8,12H,3-6,9H2,1-2H3. The molecule has 0 aliphatic heterocycles. The van der Waals surface area contributed by atoms with Crippen LogP contribution in [0.2, 0.25) is 0 Å². The first-order valence-corrected chi connectivity index (χ1v) is 9.54. The van der Waals surface area contributed by atoms with Gasteiger partial charge >= 0.3 is 0 Å². The van der Waals surface area contributed by atoms with Gasteiger partial charge in [-0.25, -0.2) is 8.42 Å². The van der Waals surface area contributed by atoms with E-state index < -0.39 is 10.0 Å². The van der Waals surface area contributed by atoms with E-state index in [0.717, 1.165) is 22.9 Å². The predicted molar refractivity (Wildman–Crippen MR) is 87.2 cm³/mol. The molecule has 1 fully saturated rings. The fourth-order valence-corrected chi connectivity index (χ4v) is 4.98. The summed E-state index contributed by atoms with van der Waals surface area (Å²) in [5.41, 5.74) is 1.50. The number of rotatable bonds is 7. The molecular weight excluding hydrogens is 378 g/mol. The Kier molecular flexibility index (Phi) is 5.71. The zero-order valence-corrected chi connectivity index (χ0v) is 15.3. The molecule has 7 heteroatoms. The van der Waals surface area contributed by atoms with E-state index in [1.807, 2.05) is 6.07 Å². The Morgan fingerprint density at radius 3 is 2.62 bits per heavy atom. The lowest BCUT2D eigenvalue weighted by Crippen LogP contribution is -2.36. The summed E-state index contributed by atoms with van der Waals surface area (Å²) in [4.78, 5) is 0.329. The Hall–Kier alpha value is -0.140. The molecule has 0 atom stereocenters. The highest BCUT2D eigenvalue weighted by Gasteiger charge is 2.38. The molecule has 0 N–H and O–H groups in total. The first kappa shape index (κ1) is 17.2. The number of halogens is 2. The lowest BCUT2D eigenvalue weighted by molar-refractivity contribution is 0.177. The van der Waals surface area contributed by atoms with Crippen molar-refractivity contribution in [3.8, 4) is 0 Å². The largest absolute Gasteiger partial charge is 0.383 e. The van der Waals surface area contributed by atoms with E-state index in [0.29, 0.717) is 23.6 Å². The van der Waals surface area contributed by atoms with E-state index in [4.69, 9.17) is 16.3 Å². The third-order valence-corrected chi connectivity index (χ3v) is 6.78. The molecule has 21 heavy (non-hydrogen) atoms. The van der Waals surface area contributed by atoms with Crippen LogP contribution in [0.25, 0.3) is 0 Å². The van der Waals surface area contributed by atoms with Crippen molar-refractivity contribution in [1.82, 2.24) is 4.31 Å². The molecule has 0 heterocycles. The topological polar surface area (TPSA) is 46.6 Å². The Bertz CT molecular complexity index is 617. The molecule has 4 nitrogen and oxygen atoms in total. The van der Waals surface area contributed by atoms with Crippen molar-refractivity contribution >= 4 is 37.6 Å². The van der Waals surface area contributed by atoms with Gasteiger partial charge < -0.3 is 4.74 Å². The van der Waals surface area contributed by atoms with Crippen LogP contribution < -0.4 is 0 Å². The number of ether oxygens (including phenoxy) is 1. The van der Waals surface area contributed by atoms with Gasteiger partial charge in [-0.2, -0.15) is 4.31 Å². The highest BCUT2D eigenvalue weighted by Crippen LogP contribution is 2.35. The molecule has 0 bridgehead atoms. The zero-order valence-electron chi connectivity index (χ0n) is 12.1. The Morgan fingerprint density at radius 2 is 2.10 bits per heavy atom. The predicted octanol–water partition coefficient (Wildman–Crippen LogP) is 3.30. The van der Waals surface area contributed by atoms with Crippen LogP contribution in [0.5, 0.6) is 0 Å². The van der Waals surface area contributed by atoms with Gasteiger partial charge in [0.2, 0.25) is 10.0 Å². The van der Waals surface area contributed by atoms with Crippen LogP contribution in [0, 0.1) is 6.92 Å². The third kappa shape index (κ3) is 3.79. The number of hydrogen-bond donors (Lipinski definition) is 0. The van der Waals surface area contributed by atoms with Gasteiger partial charge in [-0.1, -0.05) is 15.9 Å². The number of alkyl halides is 1. The normalized spacial score (nSPS) is 15.7. The van der Waals surface area contributed by atoms with Gasteiger partial charge in [0.25, 0.3) is 0 Å². The van der Waals surface area contributed by atoms with Gasteiger partial charge in [-0.05, 0) is 43.0 Å². The SMILES string of the molecule is COCCN(C1CC1)S(=O)(=O)c1cc(CCl)cc(Br)c1C. The molecule has 1 aromatic rings. The Labute approximate surface area is 139 Å². The van der Waals surface area contributed by atoms with E-state index >= 15 is 0 Å². The van der Waals surface area contributed by atoms with Crippen molar-refractivity contribution in [1.29, 1.82) is 0 Å². The van der Waals surface area contributed by atoms with Crippen molar-refractivity contribution in [2.45, 2.75) is 36.6 Å². The van der Waals surface area contributed by atoms with E-state index in [9.17, 15) is 8.42 Å². The van der Waals surface area contributed by atoms with Crippen molar-refractivity contribution in [3.63, 3.8) is 0 Å². The number of methoxy groups -OCH3 is 1. The maximum Gasteiger partial charge on any atom is 0.243 e. The molecule has 0 amide bonds. The van der Waals surface area contributed by atoms with Crippen LogP contribution in [-0.2, 0) is 20.6 Å². The summed E-state index contributed by atoms with van der Waals surface area (Å²) in [5.74, 6) is 0.281. The number of hydrogen-bond acceptors (Lipinski definition) is 3. The van der Waals surface area contributed by atoms with Gasteiger partial charge in [0, 0.05) is 30.0 Å². The van der Waals surface area contributed by atoms with Crippen LogP contribution in [0.4, 0.5) is 0 Å². The average Bonchev–Trinajstić information content (AvgIpc) is 3.26. The minimum atomic E-state index is -3.53. The van der Waals surface area contributed by atoms with E-state index in [2.05, 4.69) is 15.9 Å². The summed E-state index contributed by atoms with van der Waals surface area (Å²) in [6, 6.07) is 3.63. The molecule has 2 rings (SSSR count). The molecule has 0 saturated heterocycles. The molecule has 0 aromatic heterocycles. The van der Waals surface area contributed by atoms with Crippen molar-refractivity contribution < 1.29 is 13.2 Å². The van der Waals surface area contributed by atoms with E-state index in [-0.39, 0.29) is 11.9 Å². The molecular formula is C14H19BrClNO3S. The third-order valence-electron chi connectivity index (χ3n) is 3.57. The lowest BCUT2D eigenvalue weighted by atomic mass is 10.2. The van der Waals surface area contributed by atoms with Crippen LogP contribution in [0.1, 0.15) is 24.0 Å². The summed E-state index contributed by atoms with van der Waals surface area (Å²) >= 11 is 9.28. The van der Waals surface area contributed by atoms with Gasteiger partial charge in [0.05, 0.1) is 11.5 Å². The smallest absolute Gasteiger partial charge is 0.243 e. The molecule has 1 saturated carbocycles. The second kappa shape index (κ2) is 6.96. The molecule has 0 unspecified atom stereocenters. The first-order chi connectivity index (χ1) is 9.91. The van der Waals surface area contributed by atoms with Gasteiger partial charge in [-0.15, -0.1) is 11.6 Å². The molecule has 1 aliphatic carbocycles. The lowest BCUT2D eigenvalue weighted by Gasteiger charge is -2.23. The molecule has 1 aromatic carbocycles. The number of nitrogens with zero attached hydrogens (tertiary/aromatic N) is 1. The van der Waals surface area contributed by atoms with Crippen LogP contribution in [-0.4, -0.2) is 39.0 Å². The zero-order chi connectivity index (χ0) is 15.6. The summed E-state index contributed by atoms with van der Waals surface area (Å²) in [6.45, 7) is 2.58. The maximum atomic E-state index is 13.0. The van der Waals surface area contributed by atoms with E-state index in [1.165, 1.54) is 0 Å². The minimum Gasteiger partial charge on any atom is -0.383 e. The molecule has 1 aliphatic rings. The number of sulfonamides is 1. The van der Waals surface area contributed by atoms with Gasteiger partial charge in [0.15, 0.2) is 0 Å². The van der Waals surface area contributed by atoms with Crippen molar-refractivity contribution in [2.75, 3.05) is 20.3 Å². The quantitative estimate of drug-likeness (QED) is 0.664. The Morgan fingerprint density at radius 1 is 1.43 bits per heavy atom. The van der Waals surface area contributed by atoms with Crippen LogP contribution in [0.3, 0.4) is 0 Å². The first-order valence-electron chi connectivity index (χ1n) is 6.77. The summed E-state index contributed by atoms with van der Waals surface area (Å²) in [6.07, 6.45) is 1.83. The van der Waals surface area contributed by atoms with Gasteiger partial charge in [-0.3, -0.25) is 0 Å². The fraction of sp³-hybridized carbons (Fsp3) is 0.571. The Balaban J connectivity index is 2.44. The minimum absolute atomic E-state index is 0.1000. The summed E-state index contributed by atoms with van der Waals surface area (Å²) in [7, 11) is -1.95. The summed E-state index contributed by atoms with van der Waals surface area (Å²) < 4.78 is 33.3. The maximum absolute atomic E-state index is 13.0. The van der Waals surface area contributed by atoms with Crippen molar-refractivity contribution in [3.05, 3.63) is 27.7 Å². The average molecular weight is 397 g/mol. The molecule has 0 spiro atoms. The van der Waals surface area contributed by atoms with Crippen LogP contribution in [0.15, 0.2) is 21.5 Å². The fourth-order valence-electron chi connectivity index (χ4n) is 2.22. The van der Waals surface area contributed by atoms with Crippen molar-refractivity contribution in [2.24, 2.45) is 0 Å². The summed E-state index contributed by atoms with van der Waals surface area (Å²) in [5, 5.41) is 0. The number of benzene rings is 1. The highest BCUT2D eigenvalue weighted by atomic mass is 79.9. The monoisotopic (exact) mass is 395 g/mol.